The Morgan fingerprint density at radius 1 is 1.31 bits per heavy atom. The average Bonchev–Trinajstić information content (AvgIpc) is 3.40. The zero-order valence-electron chi connectivity index (χ0n) is 19.8. The second-order valence-electron chi connectivity index (χ2n) is 9.21. The predicted octanol–water partition coefficient (Wildman–Crippen LogP) is 3.95. The van der Waals surface area contributed by atoms with E-state index in [1.54, 1.807) is 11.0 Å². The van der Waals surface area contributed by atoms with E-state index in [2.05, 4.69) is 32.7 Å². The SMILES string of the molecule is C=CCOC(=O)N1CCC[C@H]1C1C[C@H]([C@H]2NC(=O)[C@@H]2[C@@H](C)O[Si](CC)(CC)CC)C(=O)S1. The third kappa shape index (κ3) is 4.94. The summed E-state index contributed by atoms with van der Waals surface area (Å²) < 4.78 is 11.8. The molecule has 9 heteroatoms. The molecule has 7 nitrogen and oxygen atoms in total. The molecule has 0 spiro atoms. The highest BCUT2D eigenvalue weighted by molar-refractivity contribution is 8.14. The first-order valence-corrected chi connectivity index (χ1v) is 15.4. The molecule has 2 amide bonds. The van der Waals surface area contributed by atoms with Crippen molar-refractivity contribution in [2.45, 2.75) is 88.5 Å². The number of likely N-dealkylation sites (tertiary alicyclic amines) is 1. The smallest absolute Gasteiger partial charge is 0.410 e. The second-order valence-corrected chi connectivity index (χ2v) is 15.2. The number of nitrogens with one attached hydrogen (secondary N) is 1. The van der Waals surface area contributed by atoms with E-state index in [0.29, 0.717) is 13.0 Å². The zero-order valence-corrected chi connectivity index (χ0v) is 21.6. The average molecular weight is 483 g/mol. The monoisotopic (exact) mass is 482 g/mol. The lowest BCUT2D eigenvalue weighted by Gasteiger charge is -2.45. The highest BCUT2D eigenvalue weighted by Crippen LogP contribution is 2.45. The van der Waals surface area contributed by atoms with Crippen molar-refractivity contribution in [2.75, 3.05) is 13.2 Å². The number of hydrogen-bond donors (Lipinski definition) is 1. The topological polar surface area (TPSA) is 84.9 Å². The Kier molecular flexibility index (Phi) is 8.49. The summed E-state index contributed by atoms with van der Waals surface area (Å²) in [7, 11) is -1.84. The van der Waals surface area contributed by atoms with E-state index in [1.807, 2.05) is 6.92 Å². The van der Waals surface area contributed by atoms with Crippen molar-refractivity contribution in [1.29, 1.82) is 0 Å². The van der Waals surface area contributed by atoms with Crippen LogP contribution in [0.2, 0.25) is 18.1 Å². The molecule has 3 heterocycles. The molecule has 0 aromatic heterocycles. The highest BCUT2D eigenvalue weighted by Gasteiger charge is 2.54. The van der Waals surface area contributed by atoms with E-state index in [1.165, 1.54) is 11.8 Å². The molecule has 0 aromatic rings. The van der Waals surface area contributed by atoms with Crippen LogP contribution in [-0.4, -0.2) is 66.9 Å². The van der Waals surface area contributed by atoms with Gasteiger partial charge >= 0.3 is 6.09 Å². The number of rotatable bonds is 10. The molecule has 6 atom stereocenters. The van der Waals surface area contributed by atoms with Gasteiger partial charge in [0.1, 0.15) is 6.61 Å². The van der Waals surface area contributed by atoms with Crippen LogP contribution >= 0.6 is 11.8 Å². The van der Waals surface area contributed by atoms with Gasteiger partial charge in [-0.05, 0) is 44.3 Å². The lowest BCUT2D eigenvalue weighted by molar-refractivity contribution is -0.143. The van der Waals surface area contributed by atoms with Gasteiger partial charge in [-0.3, -0.25) is 9.59 Å². The summed E-state index contributed by atoms with van der Waals surface area (Å²) in [5, 5.41) is 3.16. The largest absolute Gasteiger partial charge is 0.445 e. The Balaban J connectivity index is 1.66. The predicted molar refractivity (Wildman–Crippen MR) is 129 cm³/mol. The van der Waals surface area contributed by atoms with Crippen molar-refractivity contribution in [1.82, 2.24) is 10.2 Å². The van der Waals surface area contributed by atoms with E-state index >= 15 is 0 Å². The number of ether oxygens (including phenoxy) is 1. The lowest BCUT2D eigenvalue weighted by atomic mass is 9.76. The minimum atomic E-state index is -1.84. The van der Waals surface area contributed by atoms with Crippen LogP contribution in [0.3, 0.4) is 0 Å². The number of carbonyl (C=O) groups excluding carboxylic acids is 3. The summed E-state index contributed by atoms with van der Waals surface area (Å²) in [5.74, 6) is -0.520. The molecule has 0 aliphatic carbocycles. The maximum Gasteiger partial charge on any atom is 0.410 e. The molecule has 1 N–H and O–H groups in total. The first-order valence-electron chi connectivity index (χ1n) is 12.0. The summed E-state index contributed by atoms with van der Waals surface area (Å²) in [6, 6.07) is 2.91. The molecule has 3 saturated heterocycles. The molecule has 0 radical (unpaired) electrons. The molecule has 32 heavy (non-hydrogen) atoms. The van der Waals surface area contributed by atoms with Crippen LogP contribution in [-0.2, 0) is 18.8 Å². The molecule has 3 rings (SSSR count). The van der Waals surface area contributed by atoms with Gasteiger partial charge in [0.2, 0.25) is 5.91 Å². The van der Waals surface area contributed by atoms with E-state index < -0.39 is 8.32 Å². The van der Waals surface area contributed by atoms with Crippen molar-refractivity contribution in [2.24, 2.45) is 11.8 Å². The Morgan fingerprint density at radius 3 is 2.59 bits per heavy atom. The van der Waals surface area contributed by atoms with Gasteiger partial charge in [-0.2, -0.15) is 0 Å². The van der Waals surface area contributed by atoms with E-state index in [4.69, 9.17) is 9.16 Å². The van der Waals surface area contributed by atoms with Gasteiger partial charge in [0, 0.05) is 17.8 Å². The van der Waals surface area contributed by atoms with E-state index in [9.17, 15) is 14.4 Å². The van der Waals surface area contributed by atoms with Crippen LogP contribution in [0.25, 0.3) is 0 Å². The van der Waals surface area contributed by atoms with Crippen molar-refractivity contribution in [3.63, 3.8) is 0 Å². The van der Waals surface area contributed by atoms with Crippen LogP contribution in [0.1, 0.15) is 47.0 Å². The first-order chi connectivity index (χ1) is 15.3. The summed E-state index contributed by atoms with van der Waals surface area (Å²) in [5.41, 5.74) is 0. The second kappa shape index (κ2) is 10.7. The Morgan fingerprint density at radius 2 is 2.00 bits per heavy atom. The minimum absolute atomic E-state index is 0.00509. The molecule has 180 valence electrons. The van der Waals surface area contributed by atoms with Gasteiger partial charge < -0.3 is 19.4 Å². The lowest BCUT2D eigenvalue weighted by Crippen LogP contribution is -2.66. The molecule has 0 aromatic carbocycles. The van der Waals surface area contributed by atoms with Gasteiger partial charge in [-0.25, -0.2) is 4.79 Å². The maximum absolute atomic E-state index is 13.0. The molecule has 1 unspecified atom stereocenters. The van der Waals surface area contributed by atoms with Gasteiger partial charge in [0.05, 0.1) is 24.0 Å². The highest BCUT2D eigenvalue weighted by atomic mass is 32.2. The maximum atomic E-state index is 13.0. The summed E-state index contributed by atoms with van der Waals surface area (Å²) in [4.78, 5) is 39.7. The van der Waals surface area contributed by atoms with Gasteiger partial charge in [0.15, 0.2) is 13.4 Å². The molecule has 0 bridgehead atoms. The summed E-state index contributed by atoms with van der Waals surface area (Å²) in [6.07, 6.45) is 3.50. The molecular weight excluding hydrogens is 444 g/mol. The number of nitrogens with zero attached hydrogens (tertiary/aromatic N) is 1. The van der Waals surface area contributed by atoms with Gasteiger partial charge in [-0.15, -0.1) is 0 Å². The van der Waals surface area contributed by atoms with Crippen LogP contribution in [0.4, 0.5) is 4.79 Å². The summed E-state index contributed by atoms with van der Waals surface area (Å²) in [6.45, 7) is 13.0. The molecule has 3 fully saturated rings. The number of thioether (sulfide) groups is 1. The first kappa shape index (κ1) is 25.3. The normalized spacial score (nSPS) is 31.2. The number of carbonyl (C=O) groups is 3. The van der Waals surface area contributed by atoms with Crippen molar-refractivity contribution in [3.8, 4) is 0 Å². The number of hydrogen-bond acceptors (Lipinski definition) is 6. The van der Waals surface area contributed by atoms with Crippen LogP contribution in [0.15, 0.2) is 12.7 Å². The van der Waals surface area contributed by atoms with Gasteiger partial charge in [-0.1, -0.05) is 45.2 Å². The third-order valence-corrected chi connectivity index (χ3v) is 13.7. The van der Waals surface area contributed by atoms with E-state index in [0.717, 1.165) is 31.0 Å². The van der Waals surface area contributed by atoms with Crippen molar-refractivity contribution in [3.05, 3.63) is 12.7 Å². The fourth-order valence-electron chi connectivity index (χ4n) is 5.52. The molecule has 3 aliphatic rings. The van der Waals surface area contributed by atoms with Crippen LogP contribution in [0.5, 0.6) is 0 Å². The summed E-state index contributed by atoms with van der Waals surface area (Å²) >= 11 is 1.34. The van der Waals surface area contributed by atoms with Gasteiger partial charge in [0.25, 0.3) is 0 Å². The van der Waals surface area contributed by atoms with Crippen LogP contribution in [0, 0.1) is 11.8 Å². The van der Waals surface area contributed by atoms with Crippen molar-refractivity contribution >= 4 is 37.2 Å². The minimum Gasteiger partial charge on any atom is -0.445 e. The van der Waals surface area contributed by atoms with Crippen LogP contribution < -0.4 is 5.32 Å². The van der Waals surface area contributed by atoms with Crippen molar-refractivity contribution < 1.29 is 23.5 Å². The fourth-order valence-corrected chi connectivity index (χ4v) is 9.91. The fraction of sp³-hybridized carbons (Fsp3) is 0.783. The third-order valence-electron chi connectivity index (χ3n) is 7.65. The quantitative estimate of drug-likeness (QED) is 0.288. The zero-order chi connectivity index (χ0) is 23.5. The molecular formula is C23H38N2O5SSi. The number of β-lactam (4-membered cyclic amide) rings is 1. The van der Waals surface area contributed by atoms with E-state index in [-0.39, 0.29) is 59.0 Å². The number of amides is 2. The molecule has 3 aliphatic heterocycles. The molecule has 0 saturated carbocycles. The Hall–Kier alpha value is -1.32. The Bertz CT molecular complexity index is 723. The standard InChI is InChI=1S/C23H38N2O5SSi/c1-6-13-29-23(28)25-12-10-11-17(25)18-14-16(22(27)31-18)20-19(21(26)24-20)15(5)30-32(7-2,8-3)9-4/h6,15-20H,1,7-14H2,2-5H3,(H,24,26)/t15-,16-,17+,18?,19-,20-/m1/s1. The Labute approximate surface area is 197 Å².